The number of benzene rings is 1. The molecule has 19 heavy (non-hydrogen) atoms. The van der Waals surface area contributed by atoms with E-state index < -0.39 is 0 Å². The van der Waals surface area contributed by atoms with Crippen LogP contribution in [0.3, 0.4) is 0 Å². The summed E-state index contributed by atoms with van der Waals surface area (Å²) >= 11 is 1.48. The standard InChI is InChI=1S/C12H13N3O3S/c1-17-10-6-8(2-3-9(10)11(13)15-16)7-19-12-14-4-5-18-12/h2-6,16H,7H2,1H3,(H2,13,15). The van der Waals surface area contributed by atoms with Crippen LogP contribution < -0.4 is 10.5 Å². The van der Waals surface area contributed by atoms with Crippen molar-refractivity contribution >= 4 is 17.6 Å². The molecule has 0 aliphatic heterocycles. The van der Waals surface area contributed by atoms with Crippen LogP contribution in [-0.2, 0) is 5.75 Å². The number of hydrogen-bond donors (Lipinski definition) is 2. The summed E-state index contributed by atoms with van der Waals surface area (Å²) in [7, 11) is 1.54. The van der Waals surface area contributed by atoms with Gasteiger partial charge in [0.25, 0.3) is 5.22 Å². The first-order chi connectivity index (χ1) is 9.24. The van der Waals surface area contributed by atoms with Crippen molar-refractivity contribution in [3.63, 3.8) is 0 Å². The minimum Gasteiger partial charge on any atom is -0.496 e. The summed E-state index contributed by atoms with van der Waals surface area (Å²) in [6, 6.07) is 5.47. The fourth-order valence-corrected chi connectivity index (χ4v) is 2.25. The van der Waals surface area contributed by atoms with Gasteiger partial charge in [-0.15, -0.1) is 0 Å². The Balaban J connectivity index is 2.15. The van der Waals surface area contributed by atoms with Crippen LogP contribution in [0.5, 0.6) is 5.75 Å². The van der Waals surface area contributed by atoms with E-state index in [4.69, 9.17) is 20.1 Å². The van der Waals surface area contributed by atoms with Gasteiger partial charge in [0, 0.05) is 5.75 Å². The Morgan fingerprint density at radius 1 is 1.58 bits per heavy atom. The maximum atomic E-state index is 8.69. The number of aromatic nitrogens is 1. The van der Waals surface area contributed by atoms with E-state index in [1.807, 2.05) is 12.1 Å². The SMILES string of the molecule is COc1cc(CSc2ncco2)ccc1/C(N)=N/O. The summed E-state index contributed by atoms with van der Waals surface area (Å²) in [4.78, 5) is 4.03. The highest BCUT2D eigenvalue weighted by molar-refractivity contribution is 7.98. The van der Waals surface area contributed by atoms with Crippen LogP contribution in [0.2, 0.25) is 0 Å². The van der Waals surface area contributed by atoms with E-state index in [0.717, 1.165) is 5.56 Å². The lowest BCUT2D eigenvalue weighted by Crippen LogP contribution is -2.14. The van der Waals surface area contributed by atoms with E-state index in [1.165, 1.54) is 25.1 Å². The molecule has 3 N–H and O–H groups in total. The van der Waals surface area contributed by atoms with Crippen molar-refractivity contribution < 1.29 is 14.4 Å². The van der Waals surface area contributed by atoms with Gasteiger partial charge >= 0.3 is 0 Å². The van der Waals surface area contributed by atoms with Crippen LogP contribution in [0.4, 0.5) is 0 Å². The normalized spacial score (nSPS) is 11.5. The van der Waals surface area contributed by atoms with E-state index in [9.17, 15) is 0 Å². The largest absolute Gasteiger partial charge is 0.496 e. The van der Waals surface area contributed by atoms with Crippen molar-refractivity contribution in [1.82, 2.24) is 4.98 Å². The number of ether oxygens (including phenoxy) is 1. The van der Waals surface area contributed by atoms with Crippen LogP contribution in [0.1, 0.15) is 11.1 Å². The van der Waals surface area contributed by atoms with Crippen molar-refractivity contribution in [1.29, 1.82) is 0 Å². The minimum atomic E-state index is 0.0174. The summed E-state index contributed by atoms with van der Waals surface area (Å²) in [6.45, 7) is 0. The molecule has 1 aromatic carbocycles. The highest BCUT2D eigenvalue weighted by atomic mass is 32.2. The maximum absolute atomic E-state index is 8.69. The number of thioether (sulfide) groups is 1. The smallest absolute Gasteiger partial charge is 0.255 e. The molecular weight excluding hydrogens is 266 g/mol. The van der Waals surface area contributed by atoms with Crippen molar-refractivity contribution in [3.05, 3.63) is 41.8 Å². The molecule has 0 spiro atoms. The second-order valence-electron chi connectivity index (χ2n) is 3.61. The molecule has 1 aromatic heterocycles. The van der Waals surface area contributed by atoms with Crippen LogP contribution in [0, 0.1) is 0 Å². The van der Waals surface area contributed by atoms with Gasteiger partial charge in [-0.3, -0.25) is 0 Å². The van der Waals surface area contributed by atoms with Crippen molar-refractivity contribution in [3.8, 4) is 5.75 Å². The Bertz CT molecular complexity index is 570. The molecule has 0 radical (unpaired) electrons. The van der Waals surface area contributed by atoms with Crippen LogP contribution in [0.25, 0.3) is 0 Å². The third kappa shape index (κ3) is 3.19. The van der Waals surface area contributed by atoms with Gasteiger partial charge in [0.2, 0.25) is 0 Å². The molecule has 6 nitrogen and oxygen atoms in total. The number of oxazole rings is 1. The Labute approximate surface area is 114 Å². The Hall–Kier alpha value is -2.15. The van der Waals surface area contributed by atoms with Gasteiger partial charge in [-0.05, 0) is 17.7 Å². The number of methoxy groups -OCH3 is 1. The molecule has 7 heteroatoms. The molecule has 0 amide bonds. The van der Waals surface area contributed by atoms with Gasteiger partial charge in [0.15, 0.2) is 5.84 Å². The van der Waals surface area contributed by atoms with Crippen molar-refractivity contribution in [2.45, 2.75) is 11.0 Å². The Kier molecular flexibility index (Phi) is 4.30. The molecule has 2 rings (SSSR count). The highest BCUT2D eigenvalue weighted by Crippen LogP contribution is 2.25. The van der Waals surface area contributed by atoms with Gasteiger partial charge in [-0.2, -0.15) is 0 Å². The highest BCUT2D eigenvalue weighted by Gasteiger charge is 2.09. The Morgan fingerprint density at radius 2 is 2.42 bits per heavy atom. The zero-order valence-corrected chi connectivity index (χ0v) is 11.1. The van der Waals surface area contributed by atoms with Gasteiger partial charge in [-0.1, -0.05) is 23.0 Å². The van der Waals surface area contributed by atoms with E-state index in [0.29, 0.717) is 22.3 Å². The zero-order chi connectivity index (χ0) is 13.7. The Morgan fingerprint density at radius 3 is 3.05 bits per heavy atom. The molecule has 0 atom stereocenters. The lowest BCUT2D eigenvalue weighted by molar-refractivity contribution is 0.318. The molecule has 0 saturated carbocycles. The van der Waals surface area contributed by atoms with Gasteiger partial charge in [-0.25, -0.2) is 4.98 Å². The number of oxime groups is 1. The fraction of sp³-hybridized carbons (Fsp3) is 0.167. The van der Waals surface area contributed by atoms with Gasteiger partial charge in [0.1, 0.15) is 12.0 Å². The summed E-state index contributed by atoms with van der Waals surface area (Å²) in [5, 5.41) is 12.3. The molecule has 0 aliphatic carbocycles. The zero-order valence-electron chi connectivity index (χ0n) is 10.2. The predicted octanol–water partition coefficient (Wildman–Crippen LogP) is 2.07. The average molecular weight is 279 g/mol. The van der Waals surface area contributed by atoms with E-state index in [-0.39, 0.29) is 5.84 Å². The first kappa shape index (κ1) is 13.3. The topological polar surface area (TPSA) is 93.9 Å². The van der Waals surface area contributed by atoms with E-state index in [1.54, 1.807) is 12.3 Å². The monoisotopic (exact) mass is 279 g/mol. The third-order valence-corrected chi connectivity index (χ3v) is 3.35. The lowest BCUT2D eigenvalue weighted by Gasteiger charge is -2.09. The van der Waals surface area contributed by atoms with E-state index in [2.05, 4.69) is 10.1 Å². The lowest BCUT2D eigenvalue weighted by atomic mass is 10.1. The van der Waals surface area contributed by atoms with Gasteiger partial charge in [0.05, 0.1) is 18.9 Å². The molecule has 2 aromatic rings. The number of amidine groups is 1. The molecular formula is C12H13N3O3S. The number of hydrogen-bond acceptors (Lipinski definition) is 6. The molecule has 1 heterocycles. The van der Waals surface area contributed by atoms with Gasteiger partial charge < -0.3 is 20.1 Å². The quantitative estimate of drug-likeness (QED) is 0.286. The summed E-state index contributed by atoms with van der Waals surface area (Å²) in [5.74, 6) is 1.26. The fourth-order valence-electron chi connectivity index (χ4n) is 1.52. The number of nitrogens with two attached hydrogens (primary N) is 1. The second-order valence-corrected chi connectivity index (χ2v) is 4.53. The molecule has 0 fully saturated rings. The second kappa shape index (κ2) is 6.14. The number of nitrogens with zero attached hydrogens (tertiary/aromatic N) is 2. The van der Waals surface area contributed by atoms with Crippen LogP contribution in [0.15, 0.2) is 45.5 Å². The minimum absolute atomic E-state index is 0.0174. The summed E-state index contributed by atoms with van der Waals surface area (Å²) < 4.78 is 10.4. The molecule has 0 bridgehead atoms. The third-order valence-electron chi connectivity index (χ3n) is 2.42. The summed E-state index contributed by atoms with van der Waals surface area (Å²) in [5.41, 5.74) is 7.14. The summed E-state index contributed by atoms with van der Waals surface area (Å²) in [6.07, 6.45) is 3.13. The average Bonchev–Trinajstić information content (AvgIpc) is 2.97. The van der Waals surface area contributed by atoms with E-state index >= 15 is 0 Å². The molecule has 100 valence electrons. The first-order valence-electron chi connectivity index (χ1n) is 5.41. The van der Waals surface area contributed by atoms with Crippen LogP contribution in [-0.4, -0.2) is 23.1 Å². The molecule has 0 aliphatic rings. The van der Waals surface area contributed by atoms with Crippen molar-refractivity contribution in [2.75, 3.05) is 7.11 Å². The maximum Gasteiger partial charge on any atom is 0.255 e. The first-order valence-corrected chi connectivity index (χ1v) is 6.40. The molecule has 0 saturated heterocycles. The van der Waals surface area contributed by atoms with Crippen LogP contribution >= 0.6 is 11.8 Å². The molecule has 0 unspecified atom stereocenters. The predicted molar refractivity (Wildman–Crippen MR) is 71.6 cm³/mol. The van der Waals surface area contributed by atoms with Crippen molar-refractivity contribution in [2.24, 2.45) is 10.9 Å². The number of rotatable bonds is 5.